The largest absolute Gasteiger partial charge is 0.330 e. The van der Waals surface area contributed by atoms with Crippen LogP contribution in [0.4, 0.5) is 0 Å². The van der Waals surface area contributed by atoms with Crippen molar-refractivity contribution < 1.29 is 0 Å². The Labute approximate surface area is 88.8 Å². The van der Waals surface area contributed by atoms with Gasteiger partial charge in [0.15, 0.2) is 0 Å². The van der Waals surface area contributed by atoms with Crippen LogP contribution in [0, 0.1) is 5.92 Å². The molecule has 14 heavy (non-hydrogen) atoms. The van der Waals surface area contributed by atoms with Gasteiger partial charge in [-0.05, 0) is 51.6 Å². The Hall–Kier alpha value is -0.0800. The van der Waals surface area contributed by atoms with Gasteiger partial charge >= 0.3 is 0 Å². The highest BCUT2D eigenvalue weighted by Crippen LogP contribution is 2.29. The van der Waals surface area contributed by atoms with Gasteiger partial charge in [0, 0.05) is 12.1 Å². The van der Waals surface area contributed by atoms with E-state index in [9.17, 15) is 0 Å². The number of rotatable bonds is 7. The molecule has 0 aliphatic heterocycles. The molecule has 0 aromatic rings. The summed E-state index contributed by atoms with van der Waals surface area (Å²) in [5.74, 6) is 0.821. The first-order valence-corrected chi connectivity index (χ1v) is 6.11. The molecule has 0 aromatic heterocycles. The molecule has 1 rings (SSSR count). The highest BCUT2D eigenvalue weighted by Gasteiger charge is 2.31. The highest BCUT2D eigenvalue weighted by molar-refractivity contribution is 4.87. The van der Waals surface area contributed by atoms with Crippen LogP contribution >= 0.6 is 0 Å². The molecular formula is C12H26N2. The van der Waals surface area contributed by atoms with Crippen molar-refractivity contribution in [2.24, 2.45) is 11.7 Å². The Balaban J connectivity index is 2.30. The van der Waals surface area contributed by atoms with Crippen molar-refractivity contribution in [2.45, 2.75) is 58.5 Å². The summed E-state index contributed by atoms with van der Waals surface area (Å²) in [5, 5.41) is 0. The molecule has 0 aromatic carbocycles. The van der Waals surface area contributed by atoms with Crippen LogP contribution in [0.2, 0.25) is 0 Å². The van der Waals surface area contributed by atoms with Gasteiger partial charge in [-0.3, -0.25) is 4.90 Å². The maximum absolute atomic E-state index is 5.62. The quantitative estimate of drug-likeness (QED) is 0.680. The molecule has 0 amide bonds. The first kappa shape index (κ1) is 12.0. The van der Waals surface area contributed by atoms with Gasteiger partial charge in [-0.2, -0.15) is 0 Å². The summed E-state index contributed by atoms with van der Waals surface area (Å²) in [5.41, 5.74) is 5.62. The lowest BCUT2D eigenvalue weighted by Crippen LogP contribution is -2.37. The molecule has 0 heterocycles. The first-order chi connectivity index (χ1) is 6.65. The first-order valence-electron chi connectivity index (χ1n) is 6.11. The standard InChI is InChI=1S/C12H26N2/c1-10(2)7-9-14(12-4-5-12)11(3)6-8-13/h10-12H,4-9,13H2,1-3H3. The maximum Gasteiger partial charge on any atom is 0.00992 e. The summed E-state index contributed by atoms with van der Waals surface area (Å²) in [4.78, 5) is 2.67. The van der Waals surface area contributed by atoms with Gasteiger partial charge < -0.3 is 5.73 Å². The van der Waals surface area contributed by atoms with Crippen molar-refractivity contribution in [3.05, 3.63) is 0 Å². The van der Waals surface area contributed by atoms with Crippen molar-refractivity contribution in [2.75, 3.05) is 13.1 Å². The van der Waals surface area contributed by atoms with Gasteiger partial charge in [0.2, 0.25) is 0 Å². The van der Waals surface area contributed by atoms with Crippen LogP contribution in [0.25, 0.3) is 0 Å². The average Bonchev–Trinajstić information content (AvgIpc) is 2.88. The predicted octanol–water partition coefficient (Wildman–Crippen LogP) is 2.23. The van der Waals surface area contributed by atoms with Crippen LogP contribution < -0.4 is 5.73 Å². The molecule has 1 fully saturated rings. The second-order valence-electron chi connectivity index (χ2n) is 5.08. The highest BCUT2D eigenvalue weighted by atomic mass is 15.2. The van der Waals surface area contributed by atoms with E-state index in [4.69, 9.17) is 5.73 Å². The van der Waals surface area contributed by atoms with Crippen LogP contribution in [0.1, 0.15) is 46.5 Å². The minimum Gasteiger partial charge on any atom is -0.330 e. The average molecular weight is 198 g/mol. The van der Waals surface area contributed by atoms with Gasteiger partial charge in [-0.25, -0.2) is 0 Å². The van der Waals surface area contributed by atoms with Crippen LogP contribution in [-0.4, -0.2) is 30.1 Å². The zero-order chi connectivity index (χ0) is 10.6. The Bertz CT molecular complexity index is 152. The topological polar surface area (TPSA) is 29.3 Å². The van der Waals surface area contributed by atoms with Crippen LogP contribution in [0.15, 0.2) is 0 Å². The monoisotopic (exact) mass is 198 g/mol. The lowest BCUT2D eigenvalue weighted by atomic mass is 10.1. The molecule has 2 N–H and O–H groups in total. The Kier molecular flexibility index (Phi) is 4.90. The third-order valence-corrected chi connectivity index (χ3v) is 3.13. The summed E-state index contributed by atoms with van der Waals surface area (Å²) in [6, 6.07) is 1.57. The van der Waals surface area contributed by atoms with Crippen molar-refractivity contribution in [1.29, 1.82) is 0 Å². The predicted molar refractivity (Wildman–Crippen MR) is 62.3 cm³/mol. The smallest absolute Gasteiger partial charge is 0.00992 e. The molecule has 1 atom stereocenters. The second-order valence-corrected chi connectivity index (χ2v) is 5.08. The number of hydrogen-bond acceptors (Lipinski definition) is 2. The van der Waals surface area contributed by atoms with Crippen molar-refractivity contribution in [3.8, 4) is 0 Å². The molecule has 1 aliphatic carbocycles. The van der Waals surface area contributed by atoms with E-state index >= 15 is 0 Å². The maximum atomic E-state index is 5.62. The Morgan fingerprint density at radius 2 is 1.86 bits per heavy atom. The molecule has 1 aliphatic rings. The van der Waals surface area contributed by atoms with Crippen LogP contribution in [-0.2, 0) is 0 Å². The van der Waals surface area contributed by atoms with E-state index in [1.807, 2.05) is 0 Å². The summed E-state index contributed by atoms with van der Waals surface area (Å²) in [7, 11) is 0. The fourth-order valence-corrected chi connectivity index (χ4v) is 1.98. The molecule has 0 bridgehead atoms. The number of nitrogens with two attached hydrogens (primary N) is 1. The fourth-order valence-electron chi connectivity index (χ4n) is 1.98. The summed E-state index contributed by atoms with van der Waals surface area (Å²) >= 11 is 0. The van der Waals surface area contributed by atoms with E-state index in [0.717, 1.165) is 24.9 Å². The van der Waals surface area contributed by atoms with Crippen LogP contribution in [0.3, 0.4) is 0 Å². The van der Waals surface area contributed by atoms with E-state index < -0.39 is 0 Å². The SMILES string of the molecule is CC(C)CCN(C(C)CCN)C1CC1. The van der Waals surface area contributed by atoms with E-state index in [0.29, 0.717) is 6.04 Å². The lowest BCUT2D eigenvalue weighted by molar-refractivity contribution is 0.181. The number of hydrogen-bond donors (Lipinski definition) is 1. The van der Waals surface area contributed by atoms with Gasteiger partial charge in [-0.15, -0.1) is 0 Å². The minimum absolute atomic E-state index is 0.686. The molecule has 0 saturated heterocycles. The molecule has 0 radical (unpaired) electrons. The van der Waals surface area contributed by atoms with E-state index in [1.54, 1.807) is 0 Å². The van der Waals surface area contributed by atoms with E-state index in [-0.39, 0.29) is 0 Å². The zero-order valence-electron chi connectivity index (χ0n) is 10.00. The fraction of sp³-hybridized carbons (Fsp3) is 1.00. The lowest BCUT2D eigenvalue weighted by Gasteiger charge is -2.29. The van der Waals surface area contributed by atoms with Crippen molar-refractivity contribution in [1.82, 2.24) is 4.90 Å². The Morgan fingerprint density at radius 1 is 1.21 bits per heavy atom. The molecular weight excluding hydrogens is 172 g/mol. The summed E-state index contributed by atoms with van der Waals surface area (Å²) in [6.45, 7) is 9.03. The zero-order valence-corrected chi connectivity index (χ0v) is 10.00. The third kappa shape index (κ3) is 3.97. The van der Waals surface area contributed by atoms with Gasteiger partial charge in [0.25, 0.3) is 0 Å². The molecule has 84 valence electrons. The van der Waals surface area contributed by atoms with Crippen molar-refractivity contribution in [3.63, 3.8) is 0 Å². The number of nitrogens with zero attached hydrogens (tertiary/aromatic N) is 1. The second kappa shape index (κ2) is 5.72. The van der Waals surface area contributed by atoms with E-state index in [1.165, 1.54) is 25.8 Å². The van der Waals surface area contributed by atoms with Crippen molar-refractivity contribution >= 4 is 0 Å². The molecule has 2 heteroatoms. The van der Waals surface area contributed by atoms with E-state index in [2.05, 4.69) is 25.7 Å². The third-order valence-electron chi connectivity index (χ3n) is 3.13. The van der Waals surface area contributed by atoms with Crippen LogP contribution in [0.5, 0.6) is 0 Å². The summed E-state index contributed by atoms with van der Waals surface area (Å²) < 4.78 is 0. The van der Waals surface area contributed by atoms with Gasteiger partial charge in [-0.1, -0.05) is 13.8 Å². The molecule has 1 saturated carbocycles. The normalized spacial score (nSPS) is 19.3. The minimum atomic E-state index is 0.686. The van der Waals surface area contributed by atoms with Gasteiger partial charge in [0.05, 0.1) is 0 Å². The molecule has 0 spiro atoms. The molecule has 1 unspecified atom stereocenters. The Morgan fingerprint density at radius 3 is 2.29 bits per heavy atom. The summed E-state index contributed by atoms with van der Waals surface area (Å²) in [6.07, 6.45) is 5.29. The van der Waals surface area contributed by atoms with Gasteiger partial charge in [0.1, 0.15) is 0 Å². The molecule has 2 nitrogen and oxygen atoms in total.